The Kier molecular flexibility index (Phi) is 9.15. The van der Waals surface area contributed by atoms with Crippen LogP contribution in [0.5, 0.6) is 0 Å². The van der Waals surface area contributed by atoms with E-state index in [1.165, 1.54) is 13.8 Å². The minimum atomic E-state index is -4.67. The minimum absolute atomic E-state index is 0.0144. The van der Waals surface area contributed by atoms with Gasteiger partial charge in [-0.2, -0.15) is 18.4 Å². The standard InChI is InChI=1S/C9H8ClN3O.C6H8F3NO2/c1-5-3-8(12-6(2)14)13-9(10)7(5)4-11;1-2-12-5(11)3-4(10)6(7,8)9/h3H,1-2H3,(H,12,13,14);3H,2,10H2,1H3/b;4-3-. The van der Waals surface area contributed by atoms with Crippen molar-refractivity contribution in [2.75, 3.05) is 11.9 Å². The Bertz CT molecular complexity index is 720. The highest BCUT2D eigenvalue weighted by Crippen LogP contribution is 2.21. The molecule has 0 fully saturated rings. The van der Waals surface area contributed by atoms with E-state index in [1.807, 2.05) is 6.07 Å². The Morgan fingerprint density at radius 3 is 2.46 bits per heavy atom. The van der Waals surface area contributed by atoms with Gasteiger partial charge in [0.1, 0.15) is 22.7 Å². The molecular formula is C15H16ClF3N4O3. The third-order valence-electron chi connectivity index (χ3n) is 2.48. The molecule has 1 aromatic rings. The number of nitrogens with two attached hydrogens (primary N) is 1. The van der Waals surface area contributed by atoms with Crippen molar-refractivity contribution in [2.24, 2.45) is 5.73 Å². The second-order valence-corrected chi connectivity index (χ2v) is 4.99. The summed E-state index contributed by atoms with van der Waals surface area (Å²) in [6.45, 7) is 4.61. The Labute approximate surface area is 152 Å². The molecule has 11 heteroatoms. The number of allylic oxidation sites excluding steroid dienone is 1. The summed E-state index contributed by atoms with van der Waals surface area (Å²) in [6, 6.07) is 3.54. The van der Waals surface area contributed by atoms with Crippen molar-refractivity contribution >= 4 is 29.3 Å². The third kappa shape index (κ3) is 8.34. The molecule has 26 heavy (non-hydrogen) atoms. The number of anilines is 1. The van der Waals surface area contributed by atoms with E-state index in [0.717, 1.165) is 0 Å². The van der Waals surface area contributed by atoms with E-state index in [2.05, 4.69) is 20.8 Å². The van der Waals surface area contributed by atoms with Gasteiger partial charge in [-0.15, -0.1) is 0 Å². The number of nitriles is 1. The number of aryl methyl sites for hydroxylation is 1. The van der Waals surface area contributed by atoms with Crippen LogP contribution < -0.4 is 11.1 Å². The lowest BCUT2D eigenvalue weighted by Crippen LogP contribution is -2.21. The lowest BCUT2D eigenvalue weighted by molar-refractivity contribution is -0.138. The maximum atomic E-state index is 11.6. The molecule has 7 nitrogen and oxygen atoms in total. The van der Waals surface area contributed by atoms with Crippen molar-refractivity contribution in [2.45, 2.75) is 26.9 Å². The summed E-state index contributed by atoms with van der Waals surface area (Å²) >= 11 is 5.73. The Morgan fingerprint density at radius 1 is 1.50 bits per heavy atom. The predicted molar refractivity (Wildman–Crippen MR) is 88.0 cm³/mol. The number of rotatable bonds is 3. The second kappa shape index (κ2) is 10.2. The Balaban J connectivity index is 0.000000488. The van der Waals surface area contributed by atoms with Crippen LogP contribution in [-0.2, 0) is 14.3 Å². The topological polar surface area (TPSA) is 118 Å². The highest BCUT2D eigenvalue weighted by molar-refractivity contribution is 6.30. The van der Waals surface area contributed by atoms with E-state index in [0.29, 0.717) is 16.9 Å². The molecule has 0 unspecified atom stereocenters. The number of nitrogens with one attached hydrogen (secondary N) is 1. The molecule has 0 radical (unpaired) electrons. The molecule has 1 heterocycles. The van der Waals surface area contributed by atoms with Crippen LogP contribution in [0.3, 0.4) is 0 Å². The van der Waals surface area contributed by atoms with Gasteiger partial charge in [0.05, 0.1) is 18.2 Å². The lowest BCUT2D eigenvalue weighted by Gasteiger charge is -2.05. The van der Waals surface area contributed by atoms with Gasteiger partial charge in [0, 0.05) is 6.92 Å². The van der Waals surface area contributed by atoms with Crippen LogP contribution in [-0.4, -0.2) is 29.6 Å². The quantitative estimate of drug-likeness (QED) is 0.464. The number of pyridine rings is 1. The van der Waals surface area contributed by atoms with Gasteiger partial charge >= 0.3 is 12.1 Å². The van der Waals surface area contributed by atoms with Crippen molar-refractivity contribution in [1.29, 1.82) is 5.26 Å². The van der Waals surface area contributed by atoms with Crippen LogP contribution in [0.4, 0.5) is 19.0 Å². The van der Waals surface area contributed by atoms with Crippen LogP contribution in [0.1, 0.15) is 25.0 Å². The molecule has 0 aromatic carbocycles. The van der Waals surface area contributed by atoms with Gasteiger partial charge in [-0.05, 0) is 25.5 Å². The first-order valence-corrected chi connectivity index (χ1v) is 7.36. The Morgan fingerprint density at radius 2 is 2.08 bits per heavy atom. The zero-order valence-corrected chi connectivity index (χ0v) is 14.8. The van der Waals surface area contributed by atoms with Gasteiger partial charge < -0.3 is 15.8 Å². The first kappa shape index (κ1) is 23.2. The van der Waals surface area contributed by atoms with Gasteiger partial charge in [-0.3, -0.25) is 4.79 Å². The molecule has 0 saturated carbocycles. The van der Waals surface area contributed by atoms with Crippen LogP contribution in [0, 0.1) is 18.3 Å². The van der Waals surface area contributed by atoms with Gasteiger partial charge in [-0.25, -0.2) is 9.78 Å². The fourth-order valence-electron chi connectivity index (χ4n) is 1.41. The molecule has 0 aliphatic carbocycles. The summed E-state index contributed by atoms with van der Waals surface area (Å²) in [5.41, 5.74) is 4.08. The van der Waals surface area contributed by atoms with Crippen molar-refractivity contribution in [1.82, 2.24) is 4.98 Å². The predicted octanol–water partition coefficient (Wildman–Crippen LogP) is 2.83. The summed E-state index contributed by atoms with van der Waals surface area (Å²) in [4.78, 5) is 25.0. The van der Waals surface area contributed by atoms with Crippen molar-refractivity contribution in [3.63, 3.8) is 0 Å². The maximum Gasteiger partial charge on any atom is 0.430 e. The monoisotopic (exact) mass is 392 g/mol. The SMILES string of the molecule is CC(=O)Nc1cc(C)c(C#N)c(Cl)n1.CCOC(=O)/C=C(\N)C(F)(F)F. The van der Waals surface area contributed by atoms with E-state index in [-0.39, 0.29) is 23.7 Å². The molecule has 0 spiro atoms. The molecule has 142 valence electrons. The first-order valence-electron chi connectivity index (χ1n) is 6.98. The van der Waals surface area contributed by atoms with E-state index < -0.39 is 17.8 Å². The molecule has 1 amide bonds. The molecule has 3 N–H and O–H groups in total. The van der Waals surface area contributed by atoms with Crippen LogP contribution in [0.25, 0.3) is 0 Å². The normalized spacial score (nSPS) is 10.9. The molecule has 1 rings (SSSR count). The summed E-state index contributed by atoms with van der Waals surface area (Å²) in [5, 5.41) is 11.3. The third-order valence-corrected chi connectivity index (χ3v) is 2.75. The lowest BCUT2D eigenvalue weighted by atomic mass is 10.2. The van der Waals surface area contributed by atoms with Crippen molar-refractivity contribution in [3.8, 4) is 6.07 Å². The number of halogens is 4. The van der Waals surface area contributed by atoms with Crippen LogP contribution >= 0.6 is 11.6 Å². The summed E-state index contributed by atoms with van der Waals surface area (Å²) in [7, 11) is 0. The Hall–Kier alpha value is -2.80. The van der Waals surface area contributed by atoms with Crippen LogP contribution in [0.2, 0.25) is 5.15 Å². The van der Waals surface area contributed by atoms with Crippen molar-refractivity contribution < 1.29 is 27.5 Å². The molecule has 0 atom stereocenters. The molecule has 0 aliphatic heterocycles. The fourth-order valence-corrected chi connectivity index (χ4v) is 1.69. The van der Waals surface area contributed by atoms with Gasteiger partial charge in [0.2, 0.25) is 5.91 Å². The highest BCUT2D eigenvalue weighted by Gasteiger charge is 2.32. The second-order valence-electron chi connectivity index (χ2n) is 4.63. The number of aromatic nitrogens is 1. The number of carbonyl (C=O) groups is 2. The molecule has 0 aliphatic rings. The minimum Gasteiger partial charge on any atom is -0.463 e. The summed E-state index contributed by atoms with van der Waals surface area (Å²) in [6.07, 6.45) is -4.46. The van der Waals surface area contributed by atoms with E-state index >= 15 is 0 Å². The number of esters is 1. The smallest absolute Gasteiger partial charge is 0.430 e. The zero-order chi connectivity index (χ0) is 20.5. The number of ether oxygens (including phenoxy) is 1. The average Bonchev–Trinajstić information content (AvgIpc) is 2.46. The van der Waals surface area contributed by atoms with Gasteiger partial charge in [0.25, 0.3) is 0 Å². The summed E-state index contributed by atoms with van der Waals surface area (Å²) in [5.74, 6) is -0.955. The van der Waals surface area contributed by atoms with Crippen molar-refractivity contribution in [3.05, 3.63) is 34.1 Å². The maximum absolute atomic E-state index is 11.6. The summed E-state index contributed by atoms with van der Waals surface area (Å²) < 4.78 is 39.2. The molecule has 0 bridgehead atoms. The molecular weight excluding hydrogens is 377 g/mol. The number of alkyl halides is 3. The zero-order valence-electron chi connectivity index (χ0n) is 14.1. The van der Waals surface area contributed by atoms with Gasteiger partial charge in [0.15, 0.2) is 0 Å². The van der Waals surface area contributed by atoms with E-state index in [4.69, 9.17) is 16.9 Å². The van der Waals surface area contributed by atoms with E-state index in [1.54, 1.807) is 13.0 Å². The number of carbonyl (C=O) groups excluding carboxylic acids is 2. The number of amides is 1. The first-order chi connectivity index (χ1) is 11.9. The van der Waals surface area contributed by atoms with E-state index in [9.17, 15) is 22.8 Å². The molecule has 1 aromatic heterocycles. The number of hydrogen-bond acceptors (Lipinski definition) is 6. The van der Waals surface area contributed by atoms with Gasteiger partial charge in [-0.1, -0.05) is 11.6 Å². The average molecular weight is 393 g/mol. The highest BCUT2D eigenvalue weighted by atomic mass is 35.5. The van der Waals surface area contributed by atoms with Crippen LogP contribution in [0.15, 0.2) is 17.8 Å². The number of hydrogen-bond donors (Lipinski definition) is 2. The largest absolute Gasteiger partial charge is 0.463 e. The number of nitrogens with zero attached hydrogens (tertiary/aromatic N) is 2. The molecule has 0 saturated heterocycles. The fraction of sp³-hybridized carbons (Fsp3) is 0.333.